The van der Waals surface area contributed by atoms with E-state index >= 15 is 0 Å². The van der Waals surface area contributed by atoms with E-state index < -0.39 is 0 Å². The third-order valence-corrected chi connectivity index (χ3v) is 4.07. The molecule has 0 amide bonds. The summed E-state index contributed by atoms with van der Waals surface area (Å²) in [6, 6.07) is 19.8. The van der Waals surface area contributed by atoms with Crippen molar-refractivity contribution >= 4 is 10.9 Å². The van der Waals surface area contributed by atoms with Crippen LogP contribution >= 0.6 is 0 Å². The van der Waals surface area contributed by atoms with Gasteiger partial charge in [0.2, 0.25) is 0 Å². The van der Waals surface area contributed by atoms with Crippen molar-refractivity contribution in [3.8, 4) is 11.3 Å². The SMILES string of the molecule is Cc1n[nH]c(=O)c2c(-c3ccccc3)nn(Cc3ccccc3)c12. The van der Waals surface area contributed by atoms with Crippen molar-refractivity contribution < 1.29 is 0 Å². The van der Waals surface area contributed by atoms with Gasteiger partial charge in [0.25, 0.3) is 5.56 Å². The van der Waals surface area contributed by atoms with Gasteiger partial charge in [-0.15, -0.1) is 0 Å². The van der Waals surface area contributed by atoms with E-state index in [2.05, 4.69) is 10.2 Å². The first-order chi connectivity index (χ1) is 11.7. The molecule has 0 spiro atoms. The summed E-state index contributed by atoms with van der Waals surface area (Å²) in [6.45, 7) is 2.48. The van der Waals surface area contributed by atoms with Gasteiger partial charge < -0.3 is 0 Å². The molecule has 0 unspecified atom stereocenters. The molecule has 0 aliphatic carbocycles. The number of nitrogens with one attached hydrogen (secondary N) is 1. The Kier molecular flexibility index (Phi) is 3.46. The number of rotatable bonds is 3. The van der Waals surface area contributed by atoms with Crippen LogP contribution in [0, 0.1) is 6.92 Å². The lowest BCUT2D eigenvalue weighted by Gasteiger charge is -2.04. The van der Waals surface area contributed by atoms with Gasteiger partial charge in [-0.05, 0) is 12.5 Å². The van der Waals surface area contributed by atoms with Crippen LogP contribution in [0.3, 0.4) is 0 Å². The highest BCUT2D eigenvalue weighted by molar-refractivity contribution is 5.93. The van der Waals surface area contributed by atoms with Crippen LogP contribution in [0.5, 0.6) is 0 Å². The highest BCUT2D eigenvalue weighted by Crippen LogP contribution is 2.26. The van der Waals surface area contributed by atoms with Gasteiger partial charge in [-0.1, -0.05) is 60.7 Å². The molecule has 1 N–H and O–H groups in total. The number of benzene rings is 2. The van der Waals surface area contributed by atoms with Crippen molar-refractivity contribution in [1.29, 1.82) is 0 Å². The second-order valence-electron chi connectivity index (χ2n) is 5.72. The lowest BCUT2D eigenvalue weighted by Crippen LogP contribution is -2.11. The topological polar surface area (TPSA) is 63.6 Å². The molecule has 0 fully saturated rings. The number of aromatic nitrogens is 4. The summed E-state index contributed by atoms with van der Waals surface area (Å²) >= 11 is 0. The van der Waals surface area contributed by atoms with E-state index in [1.165, 1.54) is 0 Å². The van der Waals surface area contributed by atoms with E-state index in [1.54, 1.807) is 0 Å². The lowest BCUT2D eigenvalue weighted by atomic mass is 10.1. The number of aromatic amines is 1. The van der Waals surface area contributed by atoms with Crippen molar-refractivity contribution in [2.75, 3.05) is 0 Å². The van der Waals surface area contributed by atoms with Crippen molar-refractivity contribution in [2.24, 2.45) is 0 Å². The average Bonchev–Trinajstić information content (AvgIpc) is 3.00. The molecular formula is C19H16N4O. The van der Waals surface area contributed by atoms with E-state index in [4.69, 9.17) is 5.10 Å². The number of hydrogen-bond donors (Lipinski definition) is 1. The van der Waals surface area contributed by atoms with E-state index in [0.717, 1.165) is 22.3 Å². The summed E-state index contributed by atoms with van der Waals surface area (Å²) in [5.74, 6) is 0. The number of H-pyrrole nitrogens is 1. The zero-order valence-electron chi connectivity index (χ0n) is 13.2. The molecule has 0 bridgehead atoms. The third kappa shape index (κ3) is 2.40. The maximum absolute atomic E-state index is 12.4. The first kappa shape index (κ1) is 14.4. The molecule has 4 aromatic rings. The van der Waals surface area contributed by atoms with Crippen molar-refractivity contribution in [3.63, 3.8) is 0 Å². The summed E-state index contributed by atoms with van der Waals surface area (Å²) < 4.78 is 1.87. The summed E-state index contributed by atoms with van der Waals surface area (Å²) in [5.41, 5.74) is 4.06. The van der Waals surface area contributed by atoms with Gasteiger partial charge in [0.15, 0.2) is 0 Å². The maximum Gasteiger partial charge on any atom is 0.275 e. The highest BCUT2D eigenvalue weighted by atomic mass is 16.1. The molecule has 0 atom stereocenters. The van der Waals surface area contributed by atoms with Crippen LogP contribution in [0.25, 0.3) is 22.2 Å². The van der Waals surface area contributed by atoms with Crippen molar-refractivity contribution in [1.82, 2.24) is 20.0 Å². The van der Waals surface area contributed by atoms with Crippen LogP contribution in [-0.4, -0.2) is 20.0 Å². The molecule has 0 saturated heterocycles. The molecule has 118 valence electrons. The summed E-state index contributed by atoms with van der Waals surface area (Å²) in [5, 5.41) is 12.0. The normalized spacial score (nSPS) is 11.0. The molecule has 0 aliphatic heterocycles. The van der Waals surface area contributed by atoms with E-state index in [1.807, 2.05) is 72.3 Å². The number of aryl methyl sites for hydroxylation is 1. The Morgan fingerprint density at radius 3 is 2.38 bits per heavy atom. The Labute approximate surface area is 138 Å². The van der Waals surface area contributed by atoms with Gasteiger partial charge in [0, 0.05) is 5.56 Å². The zero-order valence-corrected chi connectivity index (χ0v) is 13.2. The minimum atomic E-state index is -0.214. The molecule has 0 radical (unpaired) electrons. The monoisotopic (exact) mass is 316 g/mol. The highest BCUT2D eigenvalue weighted by Gasteiger charge is 2.18. The molecular weight excluding hydrogens is 300 g/mol. The largest absolute Gasteiger partial charge is 0.275 e. The minimum Gasteiger partial charge on any atom is -0.267 e. The summed E-state index contributed by atoms with van der Waals surface area (Å²) in [4.78, 5) is 12.4. The summed E-state index contributed by atoms with van der Waals surface area (Å²) in [6.07, 6.45) is 0. The Morgan fingerprint density at radius 1 is 1.00 bits per heavy atom. The molecule has 2 heterocycles. The van der Waals surface area contributed by atoms with Gasteiger partial charge in [-0.3, -0.25) is 9.48 Å². The molecule has 24 heavy (non-hydrogen) atoms. The minimum absolute atomic E-state index is 0.214. The predicted molar refractivity (Wildman–Crippen MR) is 93.9 cm³/mol. The van der Waals surface area contributed by atoms with Crippen LogP contribution in [-0.2, 0) is 6.54 Å². The lowest BCUT2D eigenvalue weighted by molar-refractivity contribution is 0.710. The van der Waals surface area contributed by atoms with Gasteiger partial charge in [-0.2, -0.15) is 10.2 Å². The van der Waals surface area contributed by atoms with E-state index in [0.29, 0.717) is 17.6 Å². The molecule has 5 heteroatoms. The van der Waals surface area contributed by atoms with E-state index in [9.17, 15) is 4.79 Å². The van der Waals surface area contributed by atoms with Crippen molar-refractivity contribution in [3.05, 3.63) is 82.3 Å². The van der Waals surface area contributed by atoms with Crippen LogP contribution < -0.4 is 5.56 Å². The van der Waals surface area contributed by atoms with E-state index in [-0.39, 0.29) is 5.56 Å². The maximum atomic E-state index is 12.4. The molecule has 2 aromatic heterocycles. The Hall–Kier alpha value is -3.21. The number of nitrogens with zero attached hydrogens (tertiary/aromatic N) is 3. The smallest absolute Gasteiger partial charge is 0.267 e. The van der Waals surface area contributed by atoms with Gasteiger partial charge in [-0.25, -0.2) is 5.10 Å². The van der Waals surface area contributed by atoms with Crippen LogP contribution in [0.2, 0.25) is 0 Å². The fourth-order valence-electron chi connectivity index (χ4n) is 2.96. The van der Waals surface area contributed by atoms with Gasteiger partial charge in [0.1, 0.15) is 5.69 Å². The first-order valence-electron chi connectivity index (χ1n) is 7.79. The fraction of sp³-hybridized carbons (Fsp3) is 0.105. The second-order valence-corrected chi connectivity index (χ2v) is 5.72. The first-order valence-corrected chi connectivity index (χ1v) is 7.79. The third-order valence-electron chi connectivity index (χ3n) is 4.07. The predicted octanol–water partition coefficient (Wildman–Crippen LogP) is 3.14. The molecule has 2 aromatic carbocycles. The Bertz CT molecular complexity index is 1050. The molecule has 0 saturated carbocycles. The standard InChI is InChI=1S/C19H16N4O/c1-13-18-16(19(24)21-20-13)17(15-10-6-3-7-11-15)22-23(18)12-14-8-4-2-5-9-14/h2-11H,12H2,1H3,(H,21,24). The molecule has 0 aliphatic rings. The zero-order chi connectivity index (χ0) is 16.5. The quantitative estimate of drug-likeness (QED) is 0.631. The van der Waals surface area contributed by atoms with Crippen molar-refractivity contribution in [2.45, 2.75) is 13.5 Å². The van der Waals surface area contributed by atoms with Crippen LogP contribution in [0.4, 0.5) is 0 Å². The average molecular weight is 316 g/mol. The van der Waals surface area contributed by atoms with Gasteiger partial charge in [0.05, 0.1) is 23.1 Å². The molecule has 5 nitrogen and oxygen atoms in total. The Balaban J connectivity index is 1.98. The van der Waals surface area contributed by atoms with Gasteiger partial charge >= 0.3 is 0 Å². The number of fused-ring (bicyclic) bond motifs is 1. The van der Waals surface area contributed by atoms with Crippen LogP contribution in [0.1, 0.15) is 11.3 Å². The second kappa shape index (κ2) is 5.77. The van der Waals surface area contributed by atoms with Crippen LogP contribution in [0.15, 0.2) is 65.5 Å². The molecule has 4 rings (SSSR count). The Morgan fingerprint density at radius 2 is 1.67 bits per heavy atom. The summed E-state index contributed by atoms with van der Waals surface area (Å²) in [7, 11) is 0. The fourth-order valence-corrected chi connectivity index (χ4v) is 2.96. The number of hydrogen-bond acceptors (Lipinski definition) is 3.